The van der Waals surface area contributed by atoms with Crippen LogP contribution >= 0.6 is 23.4 Å². The lowest BCUT2D eigenvalue weighted by Crippen LogP contribution is -2.31. The SMILES string of the molecule is O=C(CCSc1ccccc1)N1CC[C@@H](Oc2ccncc2Cl)C1. The molecule has 1 aliphatic heterocycles. The molecule has 1 atom stereocenters. The smallest absolute Gasteiger partial charge is 0.223 e. The van der Waals surface area contributed by atoms with E-state index in [-0.39, 0.29) is 12.0 Å². The van der Waals surface area contributed by atoms with E-state index in [1.54, 1.807) is 30.2 Å². The fourth-order valence-corrected chi connectivity index (χ4v) is 3.65. The molecule has 24 heavy (non-hydrogen) atoms. The molecule has 1 aromatic carbocycles. The van der Waals surface area contributed by atoms with Gasteiger partial charge in [0.15, 0.2) is 0 Å². The Kier molecular flexibility index (Phi) is 5.99. The number of rotatable bonds is 6. The number of hydrogen-bond acceptors (Lipinski definition) is 4. The van der Waals surface area contributed by atoms with Gasteiger partial charge in [0.05, 0.1) is 6.54 Å². The normalized spacial score (nSPS) is 17.0. The van der Waals surface area contributed by atoms with E-state index in [9.17, 15) is 4.79 Å². The molecule has 0 bridgehead atoms. The van der Waals surface area contributed by atoms with Gasteiger partial charge in [-0.2, -0.15) is 0 Å². The van der Waals surface area contributed by atoms with Gasteiger partial charge in [0.1, 0.15) is 16.9 Å². The van der Waals surface area contributed by atoms with Crippen LogP contribution in [0.3, 0.4) is 0 Å². The van der Waals surface area contributed by atoms with E-state index in [0.29, 0.717) is 23.7 Å². The van der Waals surface area contributed by atoms with E-state index >= 15 is 0 Å². The summed E-state index contributed by atoms with van der Waals surface area (Å²) in [5, 5.41) is 0.501. The van der Waals surface area contributed by atoms with Gasteiger partial charge in [-0.3, -0.25) is 9.78 Å². The Bertz CT molecular complexity index is 684. The van der Waals surface area contributed by atoms with Crippen molar-refractivity contribution in [3.05, 3.63) is 53.8 Å². The van der Waals surface area contributed by atoms with Gasteiger partial charge >= 0.3 is 0 Å². The quantitative estimate of drug-likeness (QED) is 0.731. The summed E-state index contributed by atoms with van der Waals surface area (Å²) in [5.74, 6) is 1.61. The monoisotopic (exact) mass is 362 g/mol. The fourth-order valence-electron chi connectivity index (χ4n) is 2.62. The van der Waals surface area contributed by atoms with Crippen molar-refractivity contribution >= 4 is 29.3 Å². The highest BCUT2D eigenvalue weighted by atomic mass is 35.5. The first-order valence-electron chi connectivity index (χ1n) is 7.94. The molecule has 0 aliphatic carbocycles. The molecule has 4 nitrogen and oxygen atoms in total. The molecule has 3 rings (SSSR count). The Morgan fingerprint density at radius 3 is 2.96 bits per heavy atom. The molecule has 0 spiro atoms. The molecule has 0 N–H and O–H groups in total. The number of halogens is 1. The second-order valence-corrected chi connectivity index (χ2v) is 7.16. The minimum Gasteiger partial charge on any atom is -0.487 e. The summed E-state index contributed by atoms with van der Waals surface area (Å²) in [6, 6.07) is 11.9. The van der Waals surface area contributed by atoms with Crippen LogP contribution in [0.1, 0.15) is 12.8 Å². The second kappa shape index (κ2) is 8.40. The van der Waals surface area contributed by atoms with Crippen molar-refractivity contribution in [2.45, 2.75) is 23.8 Å². The Morgan fingerprint density at radius 1 is 1.33 bits per heavy atom. The highest BCUT2D eigenvalue weighted by Gasteiger charge is 2.27. The van der Waals surface area contributed by atoms with Gasteiger partial charge in [0.25, 0.3) is 0 Å². The summed E-state index contributed by atoms with van der Waals surface area (Å²) in [6.07, 6.45) is 4.59. The molecule has 126 valence electrons. The van der Waals surface area contributed by atoms with Crippen molar-refractivity contribution in [3.63, 3.8) is 0 Å². The largest absolute Gasteiger partial charge is 0.487 e. The van der Waals surface area contributed by atoms with E-state index in [0.717, 1.165) is 18.7 Å². The lowest BCUT2D eigenvalue weighted by Gasteiger charge is -2.17. The van der Waals surface area contributed by atoms with Crippen molar-refractivity contribution in [2.75, 3.05) is 18.8 Å². The predicted octanol–water partition coefficient (Wildman–Crippen LogP) is 3.90. The van der Waals surface area contributed by atoms with Crippen LogP contribution in [-0.4, -0.2) is 40.7 Å². The third kappa shape index (κ3) is 4.65. The number of amides is 1. The predicted molar refractivity (Wildman–Crippen MR) is 96.6 cm³/mol. The van der Waals surface area contributed by atoms with Gasteiger partial charge < -0.3 is 9.64 Å². The third-order valence-electron chi connectivity index (χ3n) is 3.85. The van der Waals surface area contributed by atoms with Crippen LogP contribution in [0.4, 0.5) is 0 Å². The van der Waals surface area contributed by atoms with Gasteiger partial charge in [-0.25, -0.2) is 0 Å². The number of nitrogens with zero attached hydrogens (tertiary/aromatic N) is 2. The van der Waals surface area contributed by atoms with Crippen molar-refractivity contribution < 1.29 is 9.53 Å². The molecular weight excluding hydrogens is 344 g/mol. The molecular formula is C18H19ClN2O2S. The number of carbonyl (C=O) groups excluding carboxylic acids is 1. The maximum Gasteiger partial charge on any atom is 0.223 e. The Morgan fingerprint density at radius 2 is 2.17 bits per heavy atom. The molecule has 2 heterocycles. The van der Waals surface area contributed by atoms with Crippen LogP contribution < -0.4 is 4.74 Å². The third-order valence-corrected chi connectivity index (χ3v) is 5.15. The summed E-state index contributed by atoms with van der Waals surface area (Å²) in [5.41, 5.74) is 0. The average Bonchev–Trinajstić information content (AvgIpc) is 3.07. The maximum atomic E-state index is 12.3. The number of likely N-dealkylation sites (tertiary alicyclic amines) is 1. The zero-order valence-electron chi connectivity index (χ0n) is 13.2. The summed E-state index contributed by atoms with van der Waals surface area (Å²) >= 11 is 7.77. The van der Waals surface area contributed by atoms with Gasteiger partial charge in [-0.05, 0) is 12.1 Å². The molecule has 1 saturated heterocycles. The van der Waals surface area contributed by atoms with Crippen LogP contribution in [0.25, 0.3) is 0 Å². The van der Waals surface area contributed by atoms with E-state index in [2.05, 4.69) is 17.1 Å². The Hall–Kier alpha value is -1.72. The molecule has 0 saturated carbocycles. The molecule has 1 amide bonds. The van der Waals surface area contributed by atoms with E-state index in [1.165, 1.54) is 4.90 Å². The van der Waals surface area contributed by atoms with Crippen LogP contribution in [0.5, 0.6) is 5.75 Å². The van der Waals surface area contributed by atoms with E-state index in [4.69, 9.17) is 16.3 Å². The average molecular weight is 363 g/mol. The number of pyridine rings is 1. The van der Waals surface area contributed by atoms with Crippen LogP contribution in [0.15, 0.2) is 53.7 Å². The first kappa shape index (κ1) is 17.1. The lowest BCUT2D eigenvalue weighted by atomic mass is 10.3. The number of benzene rings is 1. The summed E-state index contributed by atoms with van der Waals surface area (Å²) in [4.78, 5) is 19.3. The topological polar surface area (TPSA) is 42.4 Å². The summed E-state index contributed by atoms with van der Waals surface area (Å²) in [6.45, 7) is 1.36. The van der Waals surface area contributed by atoms with Crippen LogP contribution in [0.2, 0.25) is 5.02 Å². The molecule has 2 aromatic rings. The van der Waals surface area contributed by atoms with Crippen LogP contribution in [-0.2, 0) is 4.79 Å². The van der Waals surface area contributed by atoms with Crippen molar-refractivity contribution in [1.29, 1.82) is 0 Å². The van der Waals surface area contributed by atoms with Crippen molar-refractivity contribution in [2.24, 2.45) is 0 Å². The molecule has 1 aromatic heterocycles. The number of carbonyl (C=O) groups is 1. The molecule has 1 fully saturated rings. The minimum atomic E-state index is -0.00405. The zero-order chi connectivity index (χ0) is 16.8. The number of aromatic nitrogens is 1. The standard InChI is InChI=1S/C18H19ClN2O2S/c19-16-12-20-9-6-17(16)23-14-7-10-21(13-14)18(22)8-11-24-15-4-2-1-3-5-15/h1-6,9,12,14H,7-8,10-11,13H2/t14-/m1/s1. The number of thioether (sulfide) groups is 1. The Labute approximate surface area is 151 Å². The van der Waals surface area contributed by atoms with Crippen molar-refractivity contribution in [1.82, 2.24) is 9.88 Å². The molecule has 0 radical (unpaired) electrons. The van der Waals surface area contributed by atoms with Crippen molar-refractivity contribution in [3.8, 4) is 5.75 Å². The molecule has 0 unspecified atom stereocenters. The van der Waals surface area contributed by atoms with Gasteiger partial charge in [-0.1, -0.05) is 29.8 Å². The minimum absolute atomic E-state index is 0.00405. The summed E-state index contributed by atoms with van der Waals surface area (Å²) < 4.78 is 5.89. The first-order valence-corrected chi connectivity index (χ1v) is 9.30. The zero-order valence-corrected chi connectivity index (χ0v) is 14.8. The lowest BCUT2D eigenvalue weighted by molar-refractivity contribution is -0.129. The summed E-state index contributed by atoms with van der Waals surface area (Å²) in [7, 11) is 0. The van der Waals surface area contributed by atoms with Gasteiger partial charge in [0.2, 0.25) is 5.91 Å². The van der Waals surface area contributed by atoms with Gasteiger partial charge in [0, 0.05) is 48.5 Å². The Balaban J connectivity index is 1.43. The number of hydrogen-bond donors (Lipinski definition) is 0. The number of ether oxygens (including phenoxy) is 1. The highest BCUT2D eigenvalue weighted by Crippen LogP contribution is 2.26. The van der Waals surface area contributed by atoms with E-state index in [1.807, 2.05) is 23.1 Å². The van der Waals surface area contributed by atoms with Crippen LogP contribution in [0, 0.1) is 0 Å². The van der Waals surface area contributed by atoms with Gasteiger partial charge in [-0.15, -0.1) is 11.8 Å². The second-order valence-electron chi connectivity index (χ2n) is 5.59. The molecule has 6 heteroatoms. The fraction of sp³-hybridized carbons (Fsp3) is 0.333. The maximum absolute atomic E-state index is 12.3. The molecule has 1 aliphatic rings. The first-order chi connectivity index (χ1) is 11.7. The highest BCUT2D eigenvalue weighted by molar-refractivity contribution is 7.99. The van der Waals surface area contributed by atoms with E-state index < -0.39 is 0 Å².